The molecule has 3 aliphatic rings. The maximum absolute atomic E-state index is 6.64. The van der Waals surface area contributed by atoms with Crippen LogP contribution in [0.5, 0.6) is 0 Å². The van der Waals surface area contributed by atoms with E-state index in [1.165, 1.54) is 0 Å². The van der Waals surface area contributed by atoms with E-state index in [0.29, 0.717) is 12.0 Å². The molecular formula is C26H33NO2. The molecule has 0 amide bonds. The molecule has 3 nitrogen and oxygen atoms in total. The van der Waals surface area contributed by atoms with Crippen LogP contribution in [0.4, 0.5) is 0 Å². The average Bonchev–Trinajstić information content (AvgIpc) is 2.78. The number of likely N-dealkylation sites (tertiary alicyclic amines) is 1. The number of ether oxygens (including phenoxy) is 2. The Labute approximate surface area is 175 Å². The van der Waals surface area contributed by atoms with Gasteiger partial charge >= 0.3 is 0 Å². The standard InChI is InChI=1S/C26H33NO2/c1-4-7-16-27-17-11-15-26(6-3)22(12-5-2)24-21(18-23(26)27)19-28-25(29-24)20-13-9-8-10-14-20/h3-5,7-10,13-14,21-25H,2,11-12,15-19H2,1H3/b7-4+/t21-,22-,23+,24+,25+,26+/m1/s1. The summed E-state index contributed by atoms with van der Waals surface area (Å²) in [7, 11) is 0. The van der Waals surface area contributed by atoms with Gasteiger partial charge in [-0.3, -0.25) is 4.90 Å². The molecule has 0 radical (unpaired) electrons. The number of hydrogen-bond acceptors (Lipinski definition) is 3. The van der Waals surface area contributed by atoms with E-state index in [2.05, 4.69) is 48.6 Å². The number of benzene rings is 1. The summed E-state index contributed by atoms with van der Waals surface area (Å²) in [5.74, 6) is 3.96. The third-order valence-electron chi connectivity index (χ3n) is 7.20. The van der Waals surface area contributed by atoms with Crippen LogP contribution < -0.4 is 0 Å². The van der Waals surface area contributed by atoms with Gasteiger partial charge in [0, 0.05) is 30.0 Å². The van der Waals surface area contributed by atoms with E-state index in [1.54, 1.807) is 0 Å². The molecule has 0 bridgehead atoms. The first kappa shape index (κ1) is 20.4. The van der Waals surface area contributed by atoms with Gasteiger partial charge in [0.05, 0.1) is 18.1 Å². The van der Waals surface area contributed by atoms with Crippen molar-refractivity contribution in [2.45, 2.75) is 51.0 Å². The first-order valence-electron chi connectivity index (χ1n) is 11.0. The number of piperidine rings is 1. The highest BCUT2D eigenvalue weighted by atomic mass is 16.7. The van der Waals surface area contributed by atoms with Crippen molar-refractivity contribution in [1.82, 2.24) is 4.90 Å². The largest absolute Gasteiger partial charge is 0.348 e. The van der Waals surface area contributed by atoms with Crippen molar-refractivity contribution in [1.29, 1.82) is 0 Å². The van der Waals surface area contributed by atoms with Crippen molar-refractivity contribution in [3.63, 3.8) is 0 Å². The van der Waals surface area contributed by atoms with Gasteiger partial charge in [-0.25, -0.2) is 0 Å². The second kappa shape index (κ2) is 8.88. The van der Waals surface area contributed by atoms with Crippen LogP contribution in [-0.4, -0.2) is 36.7 Å². The van der Waals surface area contributed by atoms with Crippen LogP contribution in [0.1, 0.15) is 44.5 Å². The first-order valence-corrected chi connectivity index (χ1v) is 11.0. The van der Waals surface area contributed by atoms with Crippen LogP contribution in [0.2, 0.25) is 0 Å². The van der Waals surface area contributed by atoms with Crippen LogP contribution in [0.15, 0.2) is 55.1 Å². The Kier molecular flexibility index (Phi) is 6.25. The average molecular weight is 392 g/mol. The van der Waals surface area contributed by atoms with Crippen LogP contribution in [-0.2, 0) is 9.47 Å². The smallest absolute Gasteiger partial charge is 0.184 e. The topological polar surface area (TPSA) is 21.7 Å². The molecule has 154 valence electrons. The lowest BCUT2D eigenvalue weighted by molar-refractivity contribution is -0.281. The fourth-order valence-electron chi connectivity index (χ4n) is 5.86. The van der Waals surface area contributed by atoms with Crippen LogP contribution >= 0.6 is 0 Å². The number of terminal acetylenes is 1. The number of nitrogens with zero attached hydrogens (tertiary/aromatic N) is 1. The molecule has 2 saturated heterocycles. The summed E-state index contributed by atoms with van der Waals surface area (Å²) in [6.07, 6.45) is 16.7. The van der Waals surface area contributed by atoms with E-state index < -0.39 is 0 Å². The molecule has 0 unspecified atom stereocenters. The Morgan fingerprint density at radius 3 is 2.90 bits per heavy atom. The molecule has 3 fully saturated rings. The molecular weight excluding hydrogens is 358 g/mol. The SMILES string of the molecule is C#C[C@@]12CCCN(C/C=C/C)[C@H]1C[C@@H]1CO[C@H](c3ccccc3)O[C@@H]1[C@H]2CC=C. The van der Waals surface area contributed by atoms with Gasteiger partial charge in [0.1, 0.15) is 0 Å². The Morgan fingerprint density at radius 1 is 1.34 bits per heavy atom. The molecule has 1 aliphatic carbocycles. The lowest BCUT2D eigenvalue weighted by Gasteiger charge is -2.59. The van der Waals surface area contributed by atoms with Crippen molar-refractivity contribution in [2.75, 3.05) is 19.7 Å². The second-order valence-corrected chi connectivity index (χ2v) is 8.67. The minimum Gasteiger partial charge on any atom is -0.348 e. The predicted octanol–water partition coefficient (Wildman–Crippen LogP) is 4.97. The van der Waals surface area contributed by atoms with Gasteiger partial charge in [-0.1, -0.05) is 54.5 Å². The maximum Gasteiger partial charge on any atom is 0.184 e. The van der Waals surface area contributed by atoms with Crippen molar-refractivity contribution in [3.05, 3.63) is 60.7 Å². The Hall–Kier alpha value is -1.86. The van der Waals surface area contributed by atoms with Gasteiger partial charge < -0.3 is 9.47 Å². The Morgan fingerprint density at radius 2 is 2.17 bits per heavy atom. The van der Waals surface area contributed by atoms with Gasteiger partial charge in [-0.2, -0.15) is 0 Å². The van der Waals surface area contributed by atoms with Crippen LogP contribution in [0.25, 0.3) is 0 Å². The van der Waals surface area contributed by atoms with Gasteiger partial charge in [-0.05, 0) is 39.2 Å². The minimum atomic E-state index is -0.307. The zero-order valence-corrected chi connectivity index (χ0v) is 17.5. The van der Waals surface area contributed by atoms with Crippen molar-refractivity contribution < 1.29 is 9.47 Å². The van der Waals surface area contributed by atoms with E-state index in [9.17, 15) is 0 Å². The molecule has 2 heterocycles. The Balaban J connectivity index is 1.65. The molecule has 4 rings (SSSR count). The zero-order chi connectivity index (χ0) is 20.3. The third kappa shape index (κ3) is 3.70. The predicted molar refractivity (Wildman–Crippen MR) is 117 cm³/mol. The first-order chi connectivity index (χ1) is 14.2. The normalized spacial score (nSPS) is 37.4. The fraction of sp³-hybridized carbons (Fsp3) is 0.538. The molecule has 3 heteroatoms. The number of allylic oxidation sites excluding steroid dienone is 2. The van der Waals surface area contributed by atoms with Gasteiger partial charge in [-0.15, -0.1) is 13.0 Å². The molecule has 1 aromatic rings. The van der Waals surface area contributed by atoms with Crippen molar-refractivity contribution in [3.8, 4) is 12.3 Å². The summed E-state index contributed by atoms with van der Waals surface area (Å²) in [4.78, 5) is 2.60. The van der Waals surface area contributed by atoms with Crippen molar-refractivity contribution in [2.24, 2.45) is 17.3 Å². The second-order valence-electron chi connectivity index (χ2n) is 8.67. The highest BCUT2D eigenvalue weighted by Gasteiger charge is 2.58. The van der Waals surface area contributed by atoms with Gasteiger partial charge in [0.25, 0.3) is 0 Å². The highest BCUT2D eigenvalue weighted by molar-refractivity contribution is 5.23. The number of hydrogen-bond donors (Lipinski definition) is 0. The van der Waals surface area contributed by atoms with E-state index in [0.717, 1.165) is 50.9 Å². The van der Waals surface area contributed by atoms with Crippen molar-refractivity contribution >= 4 is 0 Å². The minimum absolute atomic E-state index is 0.112. The zero-order valence-electron chi connectivity index (χ0n) is 17.5. The third-order valence-corrected chi connectivity index (χ3v) is 7.20. The lowest BCUT2D eigenvalue weighted by atomic mass is 9.55. The highest BCUT2D eigenvalue weighted by Crippen LogP contribution is 2.55. The maximum atomic E-state index is 6.64. The van der Waals surface area contributed by atoms with E-state index in [1.807, 2.05) is 24.3 Å². The van der Waals surface area contributed by atoms with E-state index in [-0.39, 0.29) is 23.7 Å². The molecule has 2 aliphatic heterocycles. The van der Waals surface area contributed by atoms with Crippen LogP contribution in [0, 0.1) is 29.6 Å². The summed E-state index contributed by atoms with van der Waals surface area (Å²) >= 11 is 0. The van der Waals surface area contributed by atoms with Crippen LogP contribution in [0.3, 0.4) is 0 Å². The monoisotopic (exact) mass is 391 g/mol. The molecule has 6 atom stereocenters. The number of rotatable bonds is 5. The summed E-state index contributed by atoms with van der Waals surface area (Å²) in [6, 6.07) is 10.6. The molecule has 1 saturated carbocycles. The summed E-state index contributed by atoms with van der Waals surface area (Å²) in [6.45, 7) is 8.96. The molecule has 1 aromatic carbocycles. The fourth-order valence-corrected chi connectivity index (χ4v) is 5.86. The lowest BCUT2D eigenvalue weighted by Crippen LogP contribution is -2.64. The molecule has 0 spiro atoms. The quantitative estimate of drug-likeness (QED) is 0.522. The Bertz CT molecular complexity index is 767. The summed E-state index contributed by atoms with van der Waals surface area (Å²) in [5.41, 5.74) is 0.923. The molecule has 0 aromatic heterocycles. The number of fused-ring (bicyclic) bond motifs is 2. The van der Waals surface area contributed by atoms with Gasteiger partial charge in [0.2, 0.25) is 0 Å². The summed E-state index contributed by atoms with van der Waals surface area (Å²) in [5, 5.41) is 0. The molecule has 0 N–H and O–H groups in total. The van der Waals surface area contributed by atoms with E-state index in [4.69, 9.17) is 15.9 Å². The summed E-state index contributed by atoms with van der Waals surface area (Å²) < 4.78 is 12.8. The molecule has 29 heavy (non-hydrogen) atoms. The van der Waals surface area contributed by atoms with Gasteiger partial charge in [0.15, 0.2) is 6.29 Å². The van der Waals surface area contributed by atoms with E-state index >= 15 is 0 Å².